The molecule has 0 amide bonds. The molecule has 0 unspecified atom stereocenters. The summed E-state index contributed by atoms with van der Waals surface area (Å²) >= 11 is 0. The minimum absolute atomic E-state index is 0.600. The van der Waals surface area contributed by atoms with Gasteiger partial charge in [0.2, 0.25) is 0 Å². The molecule has 0 aliphatic carbocycles. The van der Waals surface area contributed by atoms with E-state index in [0.29, 0.717) is 6.61 Å². The van der Waals surface area contributed by atoms with Crippen LogP contribution in [-0.4, -0.2) is 0 Å². The molecule has 196 valence electrons. The number of hydrogen-bond acceptors (Lipinski definition) is 1. The molecule has 0 atom stereocenters. The summed E-state index contributed by atoms with van der Waals surface area (Å²) < 4.78 is 6.05. The smallest absolute Gasteiger partial charge is 0.119 e. The third-order valence-corrected chi connectivity index (χ3v) is 7.07. The summed E-state index contributed by atoms with van der Waals surface area (Å²) in [5.74, 6) is 0.913. The van der Waals surface area contributed by atoms with E-state index >= 15 is 0 Å². The molecule has 3 aromatic carbocycles. The zero-order chi connectivity index (χ0) is 26.0. The average Bonchev–Trinajstić information content (AvgIpc) is 2.94. The molecule has 0 heterocycles. The largest absolute Gasteiger partial charge is 0.489 e. The van der Waals surface area contributed by atoms with Gasteiger partial charge in [-0.25, -0.2) is 0 Å². The Kier molecular flexibility index (Phi) is 13.4. The van der Waals surface area contributed by atoms with E-state index in [1.54, 1.807) is 0 Å². The van der Waals surface area contributed by atoms with Crippen molar-refractivity contribution in [2.24, 2.45) is 0 Å². The predicted molar refractivity (Wildman–Crippen MR) is 161 cm³/mol. The van der Waals surface area contributed by atoms with E-state index in [1.165, 1.54) is 92.0 Å². The van der Waals surface area contributed by atoms with Crippen LogP contribution in [0.15, 0.2) is 98.1 Å². The maximum absolute atomic E-state index is 6.05. The molecule has 0 spiro atoms. The van der Waals surface area contributed by atoms with Gasteiger partial charge in [0.15, 0.2) is 0 Å². The Balaban J connectivity index is 1.36. The van der Waals surface area contributed by atoms with E-state index in [-0.39, 0.29) is 0 Å². The summed E-state index contributed by atoms with van der Waals surface area (Å²) in [5.41, 5.74) is 6.55. The Bertz CT molecular complexity index is 1010. The van der Waals surface area contributed by atoms with Crippen molar-refractivity contribution >= 4 is 0 Å². The lowest BCUT2D eigenvalue weighted by Gasteiger charge is -2.09. The van der Waals surface area contributed by atoms with Gasteiger partial charge in [-0.3, -0.25) is 0 Å². The summed E-state index contributed by atoms with van der Waals surface area (Å²) in [6, 6.07) is 26.4. The number of ether oxygens (including phenoxy) is 1. The Hall–Kier alpha value is -3.06. The highest BCUT2D eigenvalue weighted by atomic mass is 16.5. The molecular formula is C36H46O. The van der Waals surface area contributed by atoms with Crippen LogP contribution in [0.2, 0.25) is 0 Å². The maximum atomic E-state index is 6.05. The third-order valence-electron chi connectivity index (χ3n) is 7.07. The highest BCUT2D eigenvalue weighted by Crippen LogP contribution is 2.24. The summed E-state index contributed by atoms with van der Waals surface area (Å²) in [5, 5.41) is 0. The maximum Gasteiger partial charge on any atom is 0.119 e. The van der Waals surface area contributed by atoms with Crippen LogP contribution in [0.5, 0.6) is 5.75 Å². The molecule has 0 aliphatic rings. The van der Waals surface area contributed by atoms with Crippen molar-refractivity contribution in [2.75, 3.05) is 0 Å². The van der Waals surface area contributed by atoms with Crippen molar-refractivity contribution in [3.8, 4) is 16.9 Å². The molecule has 3 rings (SSSR count). The van der Waals surface area contributed by atoms with Gasteiger partial charge in [0, 0.05) is 0 Å². The van der Waals surface area contributed by atoms with Crippen LogP contribution in [0, 0.1) is 0 Å². The van der Waals surface area contributed by atoms with E-state index < -0.39 is 0 Å². The molecule has 0 bridgehead atoms. The standard InChI is InChI=1S/C36H46O/c1-3-5-7-9-10-11-13-15-17-32-22-24-34(25-23-32)35-26-28-36(29-27-35)37-30-33-20-18-31(19-21-33)16-14-12-8-6-4-2/h3-4,18-29H,1-2,5-17,30H2. The van der Waals surface area contributed by atoms with Crippen molar-refractivity contribution in [3.05, 3.63) is 115 Å². The molecule has 1 heteroatoms. The van der Waals surface area contributed by atoms with Crippen LogP contribution in [0.1, 0.15) is 87.3 Å². The second kappa shape index (κ2) is 17.4. The zero-order valence-corrected chi connectivity index (χ0v) is 22.8. The van der Waals surface area contributed by atoms with Crippen LogP contribution in [0.3, 0.4) is 0 Å². The van der Waals surface area contributed by atoms with E-state index in [1.807, 2.05) is 12.2 Å². The quantitative estimate of drug-likeness (QED) is 0.119. The molecule has 37 heavy (non-hydrogen) atoms. The Morgan fingerprint density at radius 2 is 0.865 bits per heavy atom. The summed E-state index contributed by atoms with van der Waals surface area (Å²) in [6.07, 6.45) is 20.4. The topological polar surface area (TPSA) is 9.23 Å². The molecule has 0 N–H and O–H groups in total. The molecule has 0 aliphatic heterocycles. The van der Waals surface area contributed by atoms with Crippen LogP contribution < -0.4 is 4.74 Å². The molecule has 0 radical (unpaired) electrons. The zero-order valence-electron chi connectivity index (χ0n) is 22.8. The Morgan fingerprint density at radius 1 is 0.459 bits per heavy atom. The van der Waals surface area contributed by atoms with Crippen LogP contribution in [0.25, 0.3) is 11.1 Å². The van der Waals surface area contributed by atoms with Crippen LogP contribution in [0.4, 0.5) is 0 Å². The van der Waals surface area contributed by atoms with Gasteiger partial charge in [0.25, 0.3) is 0 Å². The second-order valence-corrected chi connectivity index (χ2v) is 10.2. The van der Waals surface area contributed by atoms with Crippen LogP contribution >= 0.6 is 0 Å². The van der Waals surface area contributed by atoms with E-state index in [2.05, 4.69) is 86.0 Å². The first kappa shape index (κ1) is 28.5. The van der Waals surface area contributed by atoms with Crippen molar-refractivity contribution < 1.29 is 4.74 Å². The lowest BCUT2D eigenvalue weighted by Crippen LogP contribution is -1.96. The van der Waals surface area contributed by atoms with Gasteiger partial charge >= 0.3 is 0 Å². The summed E-state index contributed by atoms with van der Waals surface area (Å²) in [7, 11) is 0. The van der Waals surface area contributed by atoms with E-state index in [9.17, 15) is 0 Å². The second-order valence-electron chi connectivity index (χ2n) is 10.2. The van der Waals surface area contributed by atoms with Crippen molar-refractivity contribution in [1.29, 1.82) is 0 Å². The summed E-state index contributed by atoms with van der Waals surface area (Å²) in [6.45, 7) is 8.19. The van der Waals surface area contributed by atoms with Gasteiger partial charge < -0.3 is 4.74 Å². The Morgan fingerprint density at radius 3 is 1.41 bits per heavy atom. The number of aryl methyl sites for hydroxylation is 2. The van der Waals surface area contributed by atoms with Gasteiger partial charge in [0.05, 0.1) is 0 Å². The van der Waals surface area contributed by atoms with E-state index in [4.69, 9.17) is 4.74 Å². The Labute approximate surface area is 226 Å². The summed E-state index contributed by atoms with van der Waals surface area (Å²) in [4.78, 5) is 0. The number of hydrogen-bond donors (Lipinski definition) is 0. The first-order valence-electron chi connectivity index (χ1n) is 14.4. The van der Waals surface area contributed by atoms with Gasteiger partial charge in [-0.15, -0.1) is 13.2 Å². The van der Waals surface area contributed by atoms with Gasteiger partial charge in [-0.05, 0) is 91.3 Å². The molecule has 3 aromatic rings. The van der Waals surface area contributed by atoms with Crippen LogP contribution in [-0.2, 0) is 19.4 Å². The SMILES string of the molecule is C=CCCCCCCCCc1ccc(-c2ccc(OCc3ccc(CCCCCC=C)cc3)cc2)cc1. The molecule has 1 nitrogen and oxygen atoms in total. The van der Waals surface area contributed by atoms with Crippen molar-refractivity contribution in [1.82, 2.24) is 0 Å². The number of allylic oxidation sites excluding steroid dienone is 2. The minimum atomic E-state index is 0.600. The molecule has 0 saturated carbocycles. The fourth-order valence-corrected chi connectivity index (χ4v) is 4.70. The highest BCUT2D eigenvalue weighted by Gasteiger charge is 2.02. The number of benzene rings is 3. The lowest BCUT2D eigenvalue weighted by molar-refractivity contribution is 0.306. The number of rotatable bonds is 19. The highest BCUT2D eigenvalue weighted by molar-refractivity contribution is 5.64. The molecular weight excluding hydrogens is 448 g/mol. The lowest BCUT2D eigenvalue weighted by atomic mass is 10.0. The van der Waals surface area contributed by atoms with Gasteiger partial charge in [-0.2, -0.15) is 0 Å². The molecule has 0 fully saturated rings. The van der Waals surface area contributed by atoms with Gasteiger partial charge in [-0.1, -0.05) is 105 Å². The third kappa shape index (κ3) is 11.3. The van der Waals surface area contributed by atoms with Gasteiger partial charge in [0.1, 0.15) is 12.4 Å². The van der Waals surface area contributed by atoms with Crippen molar-refractivity contribution in [3.63, 3.8) is 0 Å². The monoisotopic (exact) mass is 494 g/mol. The number of unbranched alkanes of at least 4 members (excludes halogenated alkanes) is 9. The molecule has 0 saturated heterocycles. The van der Waals surface area contributed by atoms with Crippen molar-refractivity contribution in [2.45, 2.75) is 90.1 Å². The van der Waals surface area contributed by atoms with E-state index in [0.717, 1.165) is 25.0 Å². The minimum Gasteiger partial charge on any atom is -0.489 e. The fourth-order valence-electron chi connectivity index (χ4n) is 4.70. The molecule has 0 aromatic heterocycles. The fraction of sp³-hybridized carbons (Fsp3) is 0.389. The first-order chi connectivity index (χ1) is 18.3. The normalized spacial score (nSPS) is 10.8. The first-order valence-corrected chi connectivity index (χ1v) is 14.4. The predicted octanol–water partition coefficient (Wildman–Crippen LogP) is 10.7. The average molecular weight is 495 g/mol.